The normalized spacial score (nSPS) is 12.5. The summed E-state index contributed by atoms with van der Waals surface area (Å²) >= 11 is 0. The van der Waals surface area contributed by atoms with Crippen molar-refractivity contribution in [2.24, 2.45) is 0 Å². The van der Waals surface area contributed by atoms with Crippen molar-refractivity contribution in [2.45, 2.75) is 39.3 Å². The lowest BCUT2D eigenvalue weighted by molar-refractivity contribution is 0.170. The van der Waals surface area contributed by atoms with Crippen LogP contribution >= 0.6 is 0 Å². The Balaban J connectivity index is 2.52. The van der Waals surface area contributed by atoms with Crippen LogP contribution in [0.1, 0.15) is 26.6 Å². The molecular weight excluding hydrogens is 236 g/mol. The van der Waals surface area contributed by atoms with Gasteiger partial charge >= 0.3 is 0 Å². The third-order valence-corrected chi connectivity index (χ3v) is 3.92. The summed E-state index contributed by atoms with van der Waals surface area (Å²) in [5.41, 5.74) is 8.85. The SMILES string of the molecule is CCc1nc2cc(N)ccc2n1CC(C)(C)N(C)C. The molecule has 2 N–H and O–H groups in total. The Morgan fingerprint density at radius 1 is 1.32 bits per heavy atom. The Kier molecular flexibility index (Phi) is 3.54. The van der Waals surface area contributed by atoms with E-state index in [1.165, 1.54) is 5.52 Å². The summed E-state index contributed by atoms with van der Waals surface area (Å²) in [6, 6.07) is 5.97. The van der Waals surface area contributed by atoms with Crippen LogP contribution in [0.5, 0.6) is 0 Å². The third-order valence-electron chi connectivity index (χ3n) is 3.92. The van der Waals surface area contributed by atoms with Crippen LogP contribution in [0.3, 0.4) is 0 Å². The first kappa shape index (κ1) is 13.9. The number of hydrogen-bond donors (Lipinski definition) is 1. The lowest BCUT2D eigenvalue weighted by atomic mass is 10.0. The van der Waals surface area contributed by atoms with Gasteiger partial charge in [0.05, 0.1) is 11.0 Å². The number of anilines is 1. The van der Waals surface area contributed by atoms with Crippen molar-refractivity contribution in [1.82, 2.24) is 14.5 Å². The van der Waals surface area contributed by atoms with Crippen molar-refractivity contribution in [3.05, 3.63) is 24.0 Å². The van der Waals surface area contributed by atoms with Crippen molar-refractivity contribution in [3.8, 4) is 0 Å². The Labute approximate surface area is 115 Å². The quantitative estimate of drug-likeness (QED) is 0.859. The van der Waals surface area contributed by atoms with Gasteiger partial charge in [-0.25, -0.2) is 4.98 Å². The minimum Gasteiger partial charge on any atom is -0.399 e. The number of aromatic nitrogens is 2. The van der Waals surface area contributed by atoms with Crippen LogP contribution in [-0.2, 0) is 13.0 Å². The first-order valence-electron chi connectivity index (χ1n) is 6.77. The molecule has 0 aliphatic heterocycles. The monoisotopic (exact) mass is 260 g/mol. The van der Waals surface area contributed by atoms with E-state index in [-0.39, 0.29) is 5.54 Å². The van der Waals surface area contributed by atoms with E-state index in [4.69, 9.17) is 10.7 Å². The zero-order valence-corrected chi connectivity index (χ0v) is 12.6. The number of nitrogen functional groups attached to an aromatic ring is 1. The standard InChI is InChI=1S/C15H24N4/c1-6-14-17-12-9-11(16)7-8-13(12)19(14)10-15(2,3)18(4)5/h7-9H,6,10,16H2,1-5H3. The minimum atomic E-state index is 0.0823. The van der Waals surface area contributed by atoms with Crippen LogP contribution in [0.2, 0.25) is 0 Å². The lowest BCUT2D eigenvalue weighted by Gasteiger charge is -2.33. The van der Waals surface area contributed by atoms with Crippen LogP contribution in [0.25, 0.3) is 11.0 Å². The van der Waals surface area contributed by atoms with E-state index in [1.54, 1.807) is 0 Å². The molecule has 2 aromatic rings. The maximum absolute atomic E-state index is 5.84. The molecule has 1 aromatic heterocycles. The fourth-order valence-corrected chi connectivity index (χ4v) is 2.17. The molecule has 0 saturated heterocycles. The molecule has 0 aliphatic carbocycles. The van der Waals surface area contributed by atoms with Gasteiger partial charge in [-0.2, -0.15) is 0 Å². The van der Waals surface area contributed by atoms with E-state index in [0.29, 0.717) is 0 Å². The van der Waals surface area contributed by atoms with Gasteiger partial charge in [0.1, 0.15) is 5.82 Å². The molecule has 0 atom stereocenters. The zero-order valence-electron chi connectivity index (χ0n) is 12.6. The highest BCUT2D eigenvalue weighted by Crippen LogP contribution is 2.23. The summed E-state index contributed by atoms with van der Waals surface area (Å²) < 4.78 is 2.31. The topological polar surface area (TPSA) is 47.1 Å². The van der Waals surface area contributed by atoms with Crippen molar-refractivity contribution in [2.75, 3.05) is 19.8 Å². The molecule has 19 heavy (non-hydrogen) atoms. The van der Waals surface area contributed by atoms with Gasteiger partial charge in [0.2, 0.25) is 0 Å². The van der Waals surface area contributed by atoms with E-state index in [2.05, 4.69) is 50.4 Å². The molecule has 0 fully saturated rings. The van der Waals surface area contributed by atoms with Gasteiger partial charge in [0, 0.05) is 24.2 Å². The molecule has 1 aromatic carbocycles. The van der Waals surface area contributed by atoms with Gasteiger partial charge in [0.25, 0.3) is 0 Å². The average Bonchev–Trinajstić information content (AvgIpc) is 2.65. The smallest absolute Gasteiger partial charge is 0.109 e. The number of aryl methyl sites for hydroxylation is 1. The van der Waals surface area contributed by atoms with Crippen LogP contribution in [-0.4, -0.2) is 34.1 Å². The van der Waals surface area contributed by atoms with Gasteiger partial charge in [-0.1, -0.05) is 6.92 Å². The first-order valence-corrected chi connectivity index (χ1v) is 6.77. The van der Waals surface area contributed by atoms with Crippen molar-refractivity contribution >= 4 is 16.7 Å². The molecular formula is C15H24N4. The van der Waals surface area contributed by atoms with Crippen LogP contribution in [0.15, 0.2) is 18.2 Å². The van der Waals surface area contributed by atoms with Crippen molar-refractivity contribution < 1.29 is 0 Å². The van der Waals surface area contributed by atoms with Gasteiger partial charge in [0.15, 0.2) is 0 Å². The van der Waals surface area contributed by atoms with Crippen molar-refractivity contribution in [1.29, 1.82) is 0 Å². The molecule has 0 amide bonds. The molecule has 104 valence electrons. The van der Waals surface area contributed by atoms with Gasteiger partial charge < -0.3 is 15.2 Å². The van der Waals surface area contributed by atoms with Crippen molar-refractivity contribution in [3.63, 3.8) is 0 Å². The second kappa shape index (κ2) is 4.85. The zero-order chi connectivity index (χ0) is 14.2. The fraction of sp³-hybridized carbons (Fsp3) is 0.533. The highest BCUT2D eigenvalue weighted by atomic mass is 15.2. The Bertz CT molecular complexity index is 581. The lowest BCUT2D eigenvalue weighted by Crippen LogP contribution is -2.42. The average molecular weight is 260 g/mol. The molecule has 1 heterocycles. The highest BCUT2D eigenvalue weighted by Gasteiger charge is 2.23. The predicted octanol–water partition coefficient (Wildman–Crippen LogP) is 2.52. The molecule has 0 unspecified atom stereocenters. The first-order chi connectivity index (χ1) is 8.85. The van der Waals surface area contributed by atoms with E-state index < -0.39 is 0 Å². The maximum atomic E-state index is 5.84. The number of nitrogens with zero attached hydrogens (tertiary/aromatic N) is 3. The Morgan fingerprint density at radius 2 is 2.00 bits per heavy atom. The molecule has 0 saturated carbocycles. The number of imidazole rings is 1. The largest absolute Gasteiger partial charge is 0.399 e. The third kappa shape index (κ3) is 2.59. The summed E-state index contributed by atoms with van der Waals surface area (Å²) in [5, 5.41) is 0. The summed E-state index contributed by atoms with van der Waals surface area (Å²) in [5.74, 6) is 1.12. The molecule has 0 radical (unpaired) electrons. The molecule has 4 heteroatoms. The summed E-state index contributed by atoms with van der Waals surface area (Å²) in [6.45, 7) is 7.55. The number of likely N-dealkylation sites (N-methyl/N-ethyl adjacent to an activating group) is 1. The number of benzene rings is 1. The van der Waals surface area contributed by atoms with Crippen LogP contribution in [0.4, 0.5) is 5.69 Å². The molecule has 0 spiro atoms. The van der Waals surface area contributed by atoms with Gasteiger partial charge in [-0.15, -0.1) is 0 Å². The molecule has 0 aliphatic rings. The molecule has 0 bridgehead atoms. The minimum absolute atomic E-state index is 0.0823. The second-order valence-corrected chi connectivity index (χ2v) is 5.92. The van der Waals surface area contributed by atoms with E-state index in [1.807, 2.05) is 12.1 Å². The van der Waals surface area contributed by atoms with E-state index in [0.717, 1.165) is 30.0 Å². The highest BCUT2D eigenvalue weighted by molar-refractivity contribution is 5.79. The van der Waals surface area contributed by atoms with E-state index in [9.17, 15) is 0 Å². The van der Waals surface area contributed by atoms with E-state index >= 15 is 0 Å². The van der Waals surface area contributed by atoms with Gasteiger partial charge in [-0.3, -0.25) is 0 Å². The Morgan fingerprint density at radius 3 is 2.58 bits per heavy atom. The second-order valence-electron chi connectivity index (χ2n) is 5.92. The number of rotatable bonds is 4. The van der Waals surface area contributed by atoms with Crippen LogP contribution in [0, 0.1) is 0 Å². The summed E-state index contributed by atoms with van der Waals surface area (Å²) in [6.07, 6.45) is 0.929. The predicted molar refractivity (Wildman–Crippen MR) is 81.3 cm³/mol. The van der Waals surface area contributed by atoms with Gasteiger partial charge in [-0.05, 0) is 46.1 Å². The number of fused-ring (bicyclic) bond motifs is 1. The number of nitrogens with two attached hydrogens (primary N) is 1. The maximum Gasteiger partial charge on any atom is 0.109 e. The summed E-state index contributed by atoms with van der Waals surface area (Å²) in [4.78, 5) is 6.95. The molecule has 4 nitrogen and oxygen atoms in total. The fourth-order valence-electron chi connectivity index (χ4n) is 2.17. The molecule has 2 rings (SSSR count). The summed E-state index contributed by atoms with van der Waals surface area (Å²) in [7, 11) is 4.23. The van der Waals surface area contributed by atoms with Crippen LogP contribution < -0.4 is 5.73 Å². The Hall–Kier alpha value is -1.55. The number of hydrogen-bond acceptors (Lipinski definition) is 3.